The Hall–Kier alpha value is -7.36. The van der Waals surface area contributed by atoms with Crippen LogP contribution in [0, 0.1) is 0 Å². The SMILES string of the molecule is Cn1c(-c2ccccc2)nc2cc(-c3ccc(-c4ccc(-c5cc6ccc7cccc8c9cccc%10ccc%11cccc(c(c5)c6c78)c%11c%109)cc4)nc3)ccc21. The molecule has 2 aromatic heterocycles. The van der Waals surface area contributed by atoms with Gasteiger partial charge < -0.3 is 4.57 Å². The normalized spacial score (nSPS) is 12.0. The molecule has 12 aromatic rings. The molecule has 0 atom stereocenters. The van der Waals surface area contributed by atoms with E-state index in [2.05, 4.69) is 181 Å². The Morgan fingerprint density at radius 2 is 0.946 bits per heavy atom. The van der Waals surface area contributed by atoms with Crippen LogP contribution in [-0.4, -0.2) is 14.5 Å². The Bertz CT molecular complexity index is 3500. The van der Waals surface area contributed by atoms with E-state index in [4.69, 9.17) is 9.97 Å². The van der Waals surface area contributed by atoms with E-state index < -0.39 is 0 Å². The summed E-state index contributed by atoms with van der Waals surface area (Å²) in [6.45, 7) is 0. The maximum atomic E-state index is 4.99. The molecule has 0 bridgehead atoms. The number of fused-ring (bicyclic) bond motifs is 3. The van der Waals surface area contributed by atoms with Crippen LogP contribution >= 0.6 is 0 Å². The largest absolute Gasteiger partial charge is 0.327 e. The third kappa shape index (κ3) is 4.58. The number of benzene rings is 9. The highest BCUT2D eigenvalue weighted by molar-refractivity contribution is 6.37. The van der Waals surface area contributed by atoms with Gasteiger partial charge in [-0.1, -0.05) is 146 Å². The second-order valence-electron chi connectivity index (χ2n) is 15.0. The van der Waals surface area contributed by atoms with Crippen molar-refractivity contribution in [2.45, 2.75) is 0 Å². The molecule has 3 nitrogen and oxygen atoms in total. The lowest BCUT2D eigenvalue weighted by Crippen LogP contribution is -1.91. The first-order chi connectivity index (χ1) is 27.7. The van der Waals surface area contributed by atoms with Gasteiger partial charge in [-0.2, -0.15) is 0 Å². The second kappa shape index (κ2) is 11.8. The molecule has 260 valence electrons. The molecular weight excluding hydrogens is 679 g/mol. The minimum absolute atomic E-state index is 0.948. The van der Waals surface area contributed by atoms with Gasteiger partial charge in [0.25, 0.3) is 0 Å². The van der Waals surface area contributed by atoms with Gasteiger partial charge >= 0.3 is 0 Å². The van der Waals surface area contributed by atoms with Gasteiger partial charge in [-0.05, 0) is 112 Å². The highest BCUT2D eigenvalue weighted by Gasteiger charge is 2.17. The molecule has 0 unspecified atom stereocenters. The summed E-state index contributed by atoms with van der Waals surface area (Å²) in [6.07, 6.45) is 1.98. The van der Waals surface area contributed by atoms with Crippen LogP contribution in [0.25, 0.3) is 121 Å². The minimum Gasteiger partial charge on any atom is -0.327 e. The van der Waals surface area contributed by atoms with Crippen LogP contribution in [0.1, 0.15) is 0 Å². The molecule has 0 spiro atoms. The van der Waals surface area contributed by atoms with Crippen molar-refractivity contribution in [1.82, 2.24) is 14.5 Å². The van der Waals surface area contributed by atoms with Gasteiger partial charge in [0, 0.05) is 29.9 Å². The molecule has 0 aliphatic carbocycles. The number of rotatable bonds is 4. The van der Waals surface area contributed by atoms with Crippen LogP contribution in [0.2, 0.25) is 0 Å². The number of imidazole rings is 1. The summed E-state index contributed by atoms with van der Waals surface area (Å²) in [6, 6.07) is 64.2. The zero-order chi connectivity index (χ0) is 36.9. The molecule has 0 aliphatic heterocycles. The summed E-state index contributed by atoms with van der Waals surface area (Å²) in [5.74, 6) is 0.965. The molecule has 10 aromatic carbocycles. The minimum atomic E-state index is 0.948. The van der Waals surface area contributed by atoms with Gasteiger partial charge in [-0.25, -0.2) is 4.98 Å². The standard InChI is InChI=1S/C53H33N3/c1-56-48-27-25-38(30-47(48)55-53(56)37-8-3-2-4-9-37)40-24-26-46(54-31-40)33-18-16-32(17-19-33)41-28-39-23-22-36-11-6-14-43-42-13-5-10-34-20-21-35-12-7-15-44(51(35)49(34)42)45(29-41)52(39)50(36)43/h2-31H,1H3. The van der Waals surface area contributed by atoms with Gasteiger partial charge in [0.05, 0.1) is 16.7 Å². The second-order valence-corrected chi connectivity index (χ2v) is 15.0. The van der Waals surface area contributed by atoms with Crippen LogP contribution in [-0.2, 0) is 7.05 Å². The Labute approximate surface area is 323 Å². The summed E-state index contributed by atoms with van der Waals surface area (Å²) in [4.78, 5) is 9.92. The van der Waals surface area contributed by atoms with Crippen LogP contribution in [0.5, 0.6) is 0 Å². The molecular formula is C53H33N3. The number of hydrogen-bond donors (Lipinski definition) is 0. The molecule has 3 heteroatoms. The van der Waals surface area contributed by atoms with Gasteiger partial charge in [0.15, 0.2) is 0 Å². The topological polar surface area (TPSA) is 30.7 Å². The third-order valence-corrected chi connectivity index (χ3v) is 11.9. The number of aromatic nitrogens is 3. The molecule has 0 radical (unpaired) electrons. The van der Waals surface area contributed by atoms with Gasteiger partial charge in [0.1, 0.15) is 5.82 Å². The number of hydrogen-bond acceptors (Lipinski definition) is 2. The quantitative estimate of drug-likeness (QED) is 0.170. The lowest BCUT2D eigenvalue weighted by Gasteiger charge is -2.17. The lowest BCUT2D eigenvalue weighted by molar-refractivity contribution is 0.959. The van der Waals surface area contributed by atoms with E-state index in [9.17, 15) is 0 Å². The summed E-state index contributed by atoms with van der Waals surface area (Å²) in [5.41, 5.74) is 9.80. The predicted molar refractivity (Wildman–Crippen MR) is 236 cm³/mol. The number of nitrogens with zero attached hydrogens (tertiary/aromatic N) is 3. The van der Waals surface area contributed by atoms with Crippen LogP contribution in [0.15, 0.2) is 182 Å². The molecule has 0 amide bonds. The fourth-order valence-electron chi connectivity index (χ4n) is 9.24. The summed E-state index contributed by atoms with van der Waals surface area (Å²) in [7, 11) is 2.08. The fraction of sp³-hybridized carbons (Fsp3) is 0.0189. The monoisotopic (exact) mass is 711 g/mol. The van der Waals surface area contributed by atoms with E-state index in [0.29, 0.717) is 0 Å². The van der Waals surface area contributed by atoms with E-state index in [-0.39, 0.29) is 0 Å². The average Bonchev–Trinajstić information content (AvgIpc) is 3.60. The number of pyridine rings is 1. The van der Waals surface area contributed by atoms with E-state index >= 15 is 0 Å². The molecule has 0 saturated heterocycles. The van der Waals surface area contributed by atoms with Crippen LogP contribution in [0.4, 0.5) is 0 Å². The van der Waals surface area contributed by atoms with E-state index in [1.165, 1.54) is 75.8 Å². The predicted octanol–water partition coefficient (Wildman–Crippen LogP) is 14.0. The molecule has 0 aliphatic rings. The first-order valence-corrected chi connectivity index (χ1v) is 19.2. The van der Waals surface area contributed by atoms with Crippen LogP contribution in [0.3, 0.4) is 0 Å². The summed E-state index contributed by atoms with van der Waals surface area (Å²) >= 11 is 0. The zero-order valence-corrected chi connectivity index (χ0v) is 30.7. The fourth-order valence-corrected chi connectivity index (χ4v) is 9.24. The lowest BCUT2D eigenvalue weighted by atomic mass is 9.86. The smallest absolute Gasteiger partial charge is 0.140 e. The highest BCUT2D eigenvalue weighted by atomic mass is 15.1. The van der Waals surface area contributed by atoms with Crippen molar-refractivity contribution in [3.05, 3.63) is 182 Å². The summed E-state index contributed by atoms with van der Waals surface area (Å²) in [5, 5.41) is 15.5. The Morgan fingerprint density at radius 1 is 0.375 bits per heavy atom. The Morgan fingerprint density at radius 3 is 1.59 bits per heavy atom. The first kappa shape index (κ1) is 31.0. The molecule has 56 heavy (non-hydrogen) atoms. The third-order valence-electron chi connectivity index (χ3n) is 11.9. The van der Waals surface area contributed by atoms with Crippen molar-refractivity contribution in [2.75, 3.05) is 0 Å². The van der Waals surface area contributed by atoms with Crippen molar-refractivity contribution in [2.24, 2.45) is 7.05 Å². The van der Waals surface area contributed by atoms with Gasteiger partial charge in [-0.15, -0.1) is 0 Å². The van der Waals surface area contributed by atoms with Gasteiger partial charge in [0.2, 0.25) is 0 Å². The van der Waals surface area contributed by atoms with Crippen molar-refractivity contribution in [1.29, 1.82) is 0 Å². The van der Waals surface area contributed by atoms with E-state index in [1.807, 2.05) is 12.3 Å². The molecule has 12 rings (SSSR count). The van der Waals surface area contributed by atoms with E-state index in [0.717, 1.165) is 44.8 Å². The molecule has 0 saturated carbocycles. The Kier molecular flexibility index (Phi) is 6.55. The number of aryl methyl sites for hydroxylation is 1. The average molecular weight is 712 g/mol. The van der Waals surface area contributed by atoms with Gasteiger partial charge in [-0.3, -0.25) is 4.98 Å². The van der Waals surface area contributed by atoms with Crippen LogP contribution < -0.4 is 0 Å². The van der Waals surface area contributed by atoms with Crippen molar-refractivity contribution in [3.63, 3.8) is 0 Å². The zero-order valence-electron chi connectivity index (χ0n) is 30.7. The maximum absolute atomic E-state index is 4.99. The molecule has 0 N–H and O–H groups in total. The molecule has 0 fully saturated rings. The van der Waals surface area contributed by atoms with E-state index in [1.54, 1.807) is 0 Å². The highest BCUT2D eigenvalue weighted by Crippen LogP contribution is 2.44. The van der Waals surface area contributed by atoms with Crippen molar-refractivity contribution in [3.8, 4) is 44.9 Å². The first-order valence-electron chi connectivity index (χ1n) is 19.2. The Balaban J connectivity index is 0.953. The van der Waals surface area contributed by atoms with Crippen molar-refractivity contribution < 1.29 is 0 Å². The summed E-state index contributed by atoms with van der Waals surface area (Å²) < 4.78 is 2.16. The maximum Gasteiger partial charge on any atom is 0.140 e. The molecule has 2 heterocycles. The van der Waals surface area contributed by atoms with Crippen molar-refractivity contribution >= 4 is 75.7 Å².